The number of fused-ring (bicyclic) bond motifs is 1. The number of imide groups is 1. The first kappa shape index (κ1) is 22.9. The van der Waals surface area contributed by atoms with Gasteiger partial charge in [0.15, 0.2) is 0 Å². The fraction of sp³-hybridized carbons (Fsp3) is 0.615. The number of hydrogen-bond donors (Lipinski definition) is 2. The monoisotopic (exact) mass is 464 g/mol. The fourth-order valence-corrected chi connectivity index (χ4v) is 5.91. The van der Waals surface area contributed by atoms with E-state index in [1.165, 1.54) is 0 Å². The maximum absolute atomic E-state index is 12.9. The lowest BCUT2D eigenvalue weighted by Crippen LogP contribution is -2.52. The lowest BCUT2D eigenvalue weighted by Gasteiger charge is -2.29. The van der Waals surface area contributed by atoms with E-state index in [2.05, 4.69) is 16.7 Å². The molecule has 2 heterocycles. The first-order valence-electron chi connectivity index (χ1n) is 12.6. The largest absolute Gasteiger partial charge is 0.489 e. The molecule has 0 radical (unpaired) electrons. The maximum Gasteiger partial charge on any atom is 0.255 e. The van der Waals surface area contributed by atoms with Gasteiger partial charge in [0, 0.05) is 30.5 Å². The number of amides is 3. The molecule has 180 valence electrons. The van der Waals surface area contributed by atoms with Gasteiger partial charge in [-0.05, 0) is 87.6 Å². The zero-order valence-corrected chi connectivity index (χ0v) is 19.4. The maximum atomic E-state index is 12.9. The summed E-state index contributed by atoms with van der Waals surface area (Å²) in [6.07, 6.45) is 8.17. The molecule has 1 saturated heterocycles. The SMILES string of the molecule is N#C[C@H]1CC[C@H](CN[C@@H]2CCC[C@@H]2Oc2ccc3c(c2)CN(C2CCC(=O)NC2=O)C3=O)CC1. The molecular weight excluding hydrogens is 432 g/mol. The Bertz CT molecular complexity index is 1010. The minimum absolute atomic E-state index is 0.0943. The molecule has 2 aliphatic heterocycles. The van der Waals surface area contributed by atoms with Crippen LogP contribution in [0.3, 0.4) is 0 Å². The Morgan fingerprint density at radius 2 is 1.91 bits per heavy atom. The Kier molecular flexibility index (Phi) is 6.55. The van der Waals surface area contributed by atoms with Crippen LogP contribution in [-0.4, -0.2) is 47.4 Å². The standard InChI is InChI=1S/C26H32N4O4/c27-13-16-4-6-17(7-5-16)14-28-21-2-1-3-23(21)34-19-8-9-20-18(12-19)15-30(26(20)33)22-10-11-24(31)29-25(22)32/h8-9,12,16-17,21-23,28H,1-7,10-11,14-15H2,(H,29,31,32)/t16-,17-,21-,22?,23+/m1/s1. The van der Waals surface area contributed by atoms with Gasteiger partial charge in [0.2, 0.25) is 11.8 Å². The number of piperidine rings is 1. The van der Waals surface area contributed by atoms with Gasteiger partial charge in [-0.1, -0.05) is 0 Å². The van der Waals surface area contributed by atoms with Crippen molar-refractivity contribution in [3.8, 4) is 11.8 Å². The van der Waals surface area contributed by atoms with Crippen molar-refractivity contribution in [1.82, 2.24) is 15.5 Å². The molecule has 4 aliphatic rings. The van der Waals surface area contributed by atoms with Gasteiger partial charge in [-0.2, -0.15) is 5.26 Å². The van der Waals surface area contributed by atoms with Gasteiger partial charge in [-0.3, -0.25) is 19.7 Å². The summed E-state index contributed by atoms with van der Waals surface area (Å²) in [5, 5.41) is 15.2. The van der Waals surface area contributed by atoms with Crippen molar-refractivity contribution >= 4 is 17.7 Å². The number of benzene rings is 1. The van der Waals surface area contributed by atoms with Gasteiger partial charge < -0.3 is 15.0 Å². The molecule has 1 unspecified atom stereocenters. The number of nitrogens with one attached hydrogen (secondary N) is 2. The van der Waals surface area contributed by atoms with E-state index in [4.69, 9.17) is 10.00 Å². The summed E-state index contributed by atoms with van der Waals surface area (Å²) in [5.74, 6) is 0.782. The van der Waals surface area contributed by atoms with Crippen LogP contribution < -0.4 is 15.4 Å². The van der Waals surface area contributed by atoms with Crippen molar-refractivity contribution in [1.29, 1.82) is 5.26 Å². The number of carbonyl (C=O) groups excluding carboxylic acids is 3. The smallest absolute Gasteiger partial charge is 0.255 e. The second-order valence-corrected chi connectivity index (χ2v) is 10.2. The number of nitriles is 1. The van der Waals surface area contributed by atoms with E-state index in [0.29, 0.717) is 30.5 Å². The van der Waals surface area contributed by atoms with E-state index in [-0.39, 0.29) is 30.3 Å². The highest BCUT2D eigenvalue weighted by Gasteiger charge is 2.39. The van der Waals surface area contributed by atoms with Crippen LogP contribution in [0.25, 0.3) is 0 Å². The molecule has 2 N–H and O–H groups in total. The van der Waals surface area contributed by atoms with Gasteiger partial charge in [-0.15, -0.1) is 0 Å². The number of nitrogens with zero attached hydrogens (tertiary/aromatic N) is 2. The van der Waals surface area contributed by atoms with Crippen LogP contribution in [0.4, 0.5) is 0 Å². The molecular formula is C26H32N4O4. The molecule has 0 aromatic heterocycles. The van der Waals surface area contributed by atoms with E-state index in [1.54, 1.807) is 11.0 Å². The van der Waals surface area contributed by atoms with Gasteiger partial charge in [0.1, 0.15) is 17.9 Å². The molecule has 8 heteroatoms. The lowest BCUT2D eigenvalue weighted by molar-refractivity contribution is -0.136. The topological polar surface area (TPSA) is 112 Å². The first-order valence-corrected chi connectivity index (χ1v) is 12.6. The average molecular weight is 465 g/mol. The molecule has 0 bridgehead atoms. The van der Waals surface area contributed by atoms with Crippen molar-refractivity contribution in [3.63, 3.8) is 0 Å². The third kappa shape index (κ3) is 4.67. The quantitative estimate of drug-likeness (QED) is 0.626. The zero-order chi connectivity index (χ0) is 23.7. The number of carbonyl (C=O) groups is 3. The minimum Gasteiger partial charge on any atom is -0.489 e. The molecule has 2 aliphatic carbocycles. The van der Waals surface area contributed by atoms with Crippen molar-refractivity contribution < 1.29 is 19.1 Å². The highest BCUT2D eigenvalue weighted by atomic mass is 16.5. The number of rotatable bonds is 6. The van der Waals surface area contributed by atoms with Crippen molar-refractivity contribution in [2.75, 3.05) is 6.54 Å². The third-order valence-corrected chi connectivity index (χ3v) is 7.93. The zero-order valence-electron chi connectivity index (χ0n) is 19.4. The molecule has 1 aromatic carbocycles. The predicted octanol–water partition coefficient (Wildman–Crippen LogP) is 2.67. The van der Waals surface area contributed by atoms with Crippen LogP contribution >= 0.6 is 0 Å². The van der Waals surface area contributed by atoms with Crippen molar-refractivity contribution in [3.05, 3.63) is 29.3 Å². The minimum atomic E-state index is -0.603. The highest BCUT2D eigenvalue weighted by Crippen LogP contribution is 2.33. The van der Waals surface area contributed by atoms with Gasteiger partial charge in [0.05, 0.1) is 6.07 Å². The molecule has 3 fully saturated rings. The first-order chi connectivity index (χ1) is 16.5. The lowest BCUT2D eigenvalue weighted by atomic mass is 9.82. The molecule has 8 nitrogen and oxygen atoms in total. The van der Waals surface area contributed by atoms with E-state index in [1.807, 2.05) is 12.1 Å². The molecule has 3 atom stereocenters. The Balaban J connectivity index is 1.18. The Labute approximate surface area is 200 Å². The van der Waals surface area contributed by atoms with Crippen LogP contribution in [0.1, 0.15) is 73.7 Å². The summed E-state index contributed by atoms with van der Waals surface area (Å²) in [7, 11) is 0. The van der Waals surface area contributed by atoms with Crippen LogP contribution in [-0.2, 0) is 16.1 Å². The van der Waals surface area contributed by atoms with E-state index in [9.17, 15) is 14.4 Å². The molecule has 3 amide bonds. The fourth-order valence-electron chi connectivity index (χ4n) is 5.91. The summed E-state index contributed by atoms with van der Waals surface area (Å²) in [5.41, 5.74) is 1.47. The summed E-state index contributed by atoms with van der Waals surface area (Å²) >= 11 is 0. The summed E-state index contributed by atoms with van der Waals surface area (Å²) in [4.78, 5) is 38.2. The molecule has 1 aromatic rings. The molecule has 2 saturated carbocycles. The molecule has 34 heavy (non-hydrogen) atoms. The van der Waals surface area contributed by atoms with Gasteiger partial charge in [-0.25, -0.2) is 0 Å². The van der Waals surface area contributed by atoms with Gasteiger partial charge in [0.25, 0.3) is 5.91 Å². The number of hydrogen-bond acceptors (Lipinski definition) is 6. The van der Waals surface area contributed by atoms with E-state index >= 15 is 0 Å². The highest BCUT2D eigenvalue weighted by molar-refractivity contribution is 6.05. The molecule has 0 spiro atoms. The Hall–Kier alpha value is -2.92. The van der Waals surface area contributed by atoms with E-state index in [0.717, 1.165) is 62.8 Å². The summed E-state index contributed by atoms with van der Waals surface area (Å²) in [6.45, 7) is 1.33. The average Bonchev–Trinajstić information content (AvgIpc) is 3.41. The van der Waals surface area contributed by atoms with Crippen LogP contribution in [0, 0.1) is 23.2 Å². The Morgan fingerprint density at radius 1 is 1.09 bits per heavy atom. The second kappa shape index (κ2) is 9.75. The second-order valence-electron chi connectivity index (χ2n) is 10.2. The van der Waals surface area contributed by atoms with Crippen LogP contribution in [0.2, 0.25) is 0 Å². The third-order valence-electron chi connectivity index (χ3n) is 7.93. The van der Waals surface area contributed by atoms with Crippen LogP contribution in [0.15, 0.2) is 18.2 Å². The Morgan fingerprint density at radius 3 is 2.68 bits per heavy atom. The van der Waals surface area contributed by atoms with Crippen molar-refractivity contribution in [2.24, 2.45) is 11.8 Å². The van der Waals surface area contributed by atoms with Gasteiger partial charge >= 0.3 is 0 Å². The van der Waals surface area contributed by atoms with Crippen molar-refractivity contribution in [2.45, 2.75) is 82.5 Å². The summed E-state index contributed by atoms with van der Waals surface area (Å²) < 4.78 is 6.38. The van der Waals surface area contributed by atoms with Crippen LogP contribution in [0.5, 0.6) is 5.75 Å². The number of ether oxygens (including phenoxy) is 1. The molecule has 5 rings (SSSR count). The van der Waals surface area contributed by atoms with E-state index < -0.39 is 11.9 Å². The normalized spacial score (nSPS) is 31.2. The predicted molar refractivity (Wildman–Crippen MR) is 124 cm³/mol. The summed E-state index contributed by atoms with van der Waals surface area (Å²) in [6, 6.07) is 7.68.